The Morgan fingerprint density at radius 2 is 1.74 bits per heavy atom. The van der Waals surface area contributed by atoms with Crippen LogP contribution in [0.15, 0.2) is 47.4 Å². The van der Waals surface area contributed by atoms with Gasteiger partial charge >= 0.3 is 0 Å². The standard InChI is InChI=1S/C18H20N2O2S/c1-12-4-8-15(9-5-12)23-11-17(21)20-16-10-14(18(22)19-3)7-6-13(16)2/h4-10H,11H2,1-3H3,(H,19,22)(H,20,21). The Kier molecular flexibility index (Phi) is 5.82. The number of anilines is 1. The second-order valence-electron chi connectivity index (χ2n) is 5.26. The summed E-state index contributed by atoms with van der Waals surface area (Å²) in [4.78, 5) is 24.9. The van der Waals surface area contributed by atoms with Crippen LogP contribution in [0.3, 0.4) is 0 Å². The molecule has 4 nitrogen and oxygen atoms in total. The molecule has 2 rings (SSSR count). The first-order valence-corrected chi connectivity index (χ1v) is 8.30. The monoisotopic (exact) mass is 328 g/mol. The van der Waals surface area contributed by atoms with E-state index in [4.69, 9.17) is 0 Å². The van der Waals surface area contributed by atoms with E-state index in [0.29, 0.717) is 17.0 Å². The molecule has 2 amide bonds. The van der Waals surface area contributed by atoms with E-state index in [2.05, 4.69) is 10.6 Å². The van der Waals surface area contributed by atoms with Gasteiger partial charge in [0.1, 0.15) is 0 Å². The van der Waals surface area contributed by atoms with Crippen molar-refractivity contribution in [3.05, 3.63) is 59.2 Å². The molecule has 0 radical (unpaired) electrons. The Morgan fingerprint density at radius 1 is 1.04 bits per heavy atom. The maximum Gasteiger partial charge on any atom is 0.251 e. The highest BCUT2D eigenvalue weighted by molar-refractivity contribution is 8.00. The van der Waals surface area contributed by atoms with Crippen LogP contribution in [0.25, 0.3) is 0 Å². The predicted octanol–water partition coefficient (Wildman–Crippen LogP) is 3.39. The number of hydrogen-bond acceptors (Lipinski definition) is 3. The van der Waals surface area contributed by atoms with Crippen LogP contribution < -0.4 is 10.6 Å². The van der Waals surface area contributed by atoms with Crippen LogP contribution in [-0.2, 0) is 4.79 Å². The summed E-state index contributed by atoms with van der Waals surface area (Å²) in [5.74, 6) is 0.0643. The van der Waals surface area contributed by atoms with Gasteiger partial charge < -0.3 is 10.6 Å². The Morgan fingerprint density at radius 3 is 2.39 bits per heavy atom. The maximum atomic E-state index is 12.1. The van der Waals surface area contributed by atoms with Gasteiger partial charge in [0.05, 0.1) is 5.75 Å². The molecule has 0 saturated carbocycles. The molecule has 0 aliphatic heterocycles. The average Bonchev–Trinajstić information content (AvgIpc) is 2.55. The molecule has 2 aromatic carbocycles. The molecule has 0 aliphatic carbocycles. The first-order valence-electron chi connectivity index (χ1n) is 7.31. The quantitative estimate of drug-likeness (QED) is 0.827. The Bertz CT molecular complexity index is 711. The van der Waals surface area contributed by atoms with Gasteiger partial charge in [0.25, 0.3) is 5.91 Å². The minimum atomic E-state index is -0.172. The number of carbonyl (C=O) groups excluding carboxylic acids is 2. The highest BCUT2D eigenvalue weighted by Gasteiger charge is 2.09. The van der Waals surface area contributed by atoms with Crippen LogP contribution in [0.1, 0.15) is 21.5 Å². The van der Waals surface area contributed by atoms with Crippen molar-refractivity contribution >= 4 is 29.3 Å². The molecule has 120 valence electrons. The fraction of sp³-hybridized carbons (Fsp3) is 0.222. The molecule has 0 fully saturated rings. The highest BCUT2D eigenvalue weighted by Crippen LogP contribution is 2.20. The average molecular weight is 328 g/mol. The lowest BCUT2D eigenvalue weighted by molar-refractivity contribution is -0.113. The second-order valence-corrected chi connectivity index (χ2v) is 6.31. The predicted molar refractivity (Wildman–Crippen MR) is 95.1 cm³/mol. The number of nitrogens with one attached hydrogen (secondary N) is 2. The topological polar surface area (TPSA) is 58.2 Å². The van der Waals surface area contributed by atoms with Crippen molar-refractivity contribution in [2.75, 3.05) is 18.1 Å². The molecule has 2 N–H and O–H groups in total. The Balaban J connectivity index is 1.99. The summed E-state index contributed by atoms with van der Waals surface area (Å²) in [6.45, 7) is 3.93. The summed E-state index contributed by atoms with van der Waals surface area (Å²) in [6, 6.07) is 13.3. The number of rotatable bonds is 5. The summed E-state index contributed by atoms with van der Waals surface area (Å²) in [5.41, 5.74) is 3.31. The number of carbonyl (C=O) groups is 2. The lowest BCUT2D eigenvalue weighted by Gasteiger charge is -2.10. The smallest absolute Gasteiger partial charge is 0.251 e. The number of aryl methyl sites for hydroxylation is 2. The van der Waals surface area contributed by atoms with E-state index in [1.54, 1.807) is 19.2 Å². The molecule has 0 atom stereocenters. The van der Waals surface area contributed by atoms with Crippen molar-refractivity contribution in [1.29, 1.82) is 0 Å². The van der Waals surface area contributed by atoms with Crippen molar-refractivity contribution in [3.63, 3.8) is 0 Å². The SMILES string of the molecule is CNC(=O)c1ccc(C)c(NC(=O)CSc2ccc(C)cc2)c1. The van der Waals surface area contributed by atoms with Gasteiger partial charge in [0, 0.05) is 23.2 Å². The third kappa shape index (κ3) is 4.86. The first-order chi connectivity index (χ1) is 11.0. The van der Waals surface area contributed by atoms with E-state index >= 15 is 0 Å². The van der Waals surface area contributed by atoms with Gasteiger partial charge in [0.2, 0.25) is 5.91 Å². The summed E-state index contributed by atoms with van der Waals surface area (Å²) < 4.78 is 0. The van der Waals surface area contributed by atoms with E-state index in [-0.39, 0.29) is 11.8 Å². The van der Waals surface area contributed by atoms with E-state index in [1.807, 2.05) is 44.2 Å². The minimum Gasteiger partial charge on any atom is -0.355 e. The number of benzene rings is 2. The molecule has 0 spiro atoms. The fourth-order valence-electron chi connectivity index (χ4n) is 2.01. The van der Waals surface area contributed by atoms with Gasteiger partial charge in [-0.15, -0.1) is 11.8 Å². The van der Waals surface area contributed by atoms with Crippen LogP contribution >= 0.6 is 11.8 Å². The zero-order valence-electron chi connectivity index (χ0n) is 13.5. The molecule has 0 saturated heterocycles. The van der Waals surface area contributed by atoms with E-state index in [0.717, 1.165) is 10.5 Å². The molecule has 0 bridgehead atoms. The zero-order chi connectivity index (χ0) is 16.8. The Labute approximate surface area is 140 Å². The summed E-state index contributed by atoms with van der Waals surface area (Å²) in [7, 11) is 1.58. The van der Waals surface area contributed by atoms with Crippen molar-refractivity contribution in [1.82, 2.24) is 5.32 Å². The first kappa shape index (κ1) is 17.1. The Hall–Kier alpha value is -2.27. The minimum absolute atomic E-state index is 0.0901. The van der Waals surface area contributed by atoms with Gasteiger partial charge in [-0.05, 0) is 43.7 Å². The second kappa shape index (κ2) is 7.83. The summed E-state index contributed by atoms with van der Waals surface area (Å²) in [5, 5.41) is 5.45. The van der Waals surface area contributed by atoms with E-state index in [1.165, 1.54) is 17.3 Å². The lowest BCUT2D eigenvalue weighted by atomic mass is 10.1. The van der Waals surface area contributed by atoms with Gasteiger partial charge in [-0.1, -0.05) is 23.8 Å². The van der Waals surface area contributed by atoms with Crippen LogP contribution in [0, 0.1) is 13.8 Å². The summed E-state index contributed by atoms with van der Waals surface area (Å²) >= 11 is 1.49. The molecule has 23 heavy (non-hydrogen) atoms. The third-order valence-corrected chi connectivity index (χ3v) is 4.40. The molecule has 2 aromatic rings. The van der Waals surface area contributed by atoms with Crippen LogP contribution in [-0.4, -0.2) is 24.6 Å². The van der Waals surface area contributed by atoms with Gasteiger partial charge in [-0.2, -0.15) is 0 Å². The highest BCUT2D eigenvalue weighted by atomic mass is 32.2. The maximum absolute atomic E-state index is 12.1. The van der Waals surface area contributed by atoms with E-state index in [9.17, 15) is 9.59 Å². The fourth-order valence-corrected chi connectivity index (χ4v) is 2.71. The van der Waals surface area contributed by atoms with Crippen molar-refractivity contribution < 1.29 is 9.59 Å². The number of thioether (sulfide) groups is 1. The van der Waals surface area contributed by atoms with Crippen LogP contribution in [0.4, 0.5) is 5.69 Å². The van der Waals surface area contributed by atoms with Crippen molar-refractivity contribution in [2.24, 2.45) is 0 Å². The van der Waals surface area contributed by atoms with Gasteiger partial charge in [-0.3, -0.25) is 9.59 Å². The molecule has 0 aliphatic rings. The molecular weight excluding hydrogens is 308 g/mol. The van der Waals surface area contributed by atoms with E-state index < -0.39 is 0 Å². The molecule has 0 aromatic heterocycles. The summed E-state index contributed by atoms with van der Waals surface area (Å²) in [6.07, 6.45) is 0. The largest absolute Gasteiger partial charge is 0.355 e. The van der Waals surface area contributed by atoms with Gasteiger partial charge in [-0.25, -0.2) is 0 Å². The zero-order valence-corrected chi connectivity index (χ0v) is 14.3. The lowest BCUT2D eigenvalue weighted by Crippen LogP contribution is -2.19. The van der Waals surface area contributed by atoms with Crippen molar-refractivity contribution in [3.8, 4) is 0 Å². The molecule has 0 unspecified atom stereocenters. The van der Waals surface area contributed by atoms with Gasteiger partial charge in [0.15, 0.2) is 0 Å². The molecular formula is C18H20N2O2S. The number of hydrogen-bond donors (Lipinski definition) is 2. The molecule has 0 heterocycles. The van der Waals surface area contributed by atoms with Crippen molar-refractivity contribution in [2.45, 2.75) is 18.7 Å². The third-order valence-electron chi connectivity index (χ3n) is 3.39. The normalized spacial score (nSPS) is 10.2. The van der Waals surface area contributed by atoms with Crippen LogP contribution in [0.5, 0.6) is 0 Å². The number of amides is 2. The molecule has 5 heteroatoms. The van der Waals surface area contributed by atoms with Crippen LogP contribution in [0.2, 0.25) is 0 Å².